The SMILES string of the molecule is Cc1cn(COCC[Si](C)(C)C)c2nccc(Oc3ccc(C[C@H](NC(=O)OC(C)(C)C)C(=O)N4CCN(Cc5ccnnc5)CC4)cc3F)c12. The van der Waals surface area contributed by atoms with Crippen molar-refractivity contribution in [3.05, 3.63) is 77.6 Å². The van der Waals surface area contributed by atoms with Crippen LogP contribution in [0.5, 0.6) is 11.5 Å². The first kappa shape index (κ1) is 37.8. The molecule has 4 heterocycles. The van der Waals surface area contributed by atoms with Gasteiger partial charge < -0.3 is 29.0 Å². The third kappa shape index (κ3) is 10.8. The van der Waals surface area contributed by atoms with Crippen molar-refractivity contribution < 1.29 is 28.2 Å². The van der Waals surface area contributed by atoms with Crippen LogP contribution in [0.1, 0.15) is 37.5 Å². The fourth-order valence-electron chi connectivity index (χ4n) is 5.88. The van der Waals surface area contributed by atoms with Crippen LogP contribution in [-0.2, 0) is 34.0 Å². The number of amides is 2. The number of carbonyl (C=O) groups is 2. The van der Waals surface area contributed by atoms with Crippen LogP contribution in [0.25, 0.3) is 11.0 Å². The zero-order chi connectivity index (χ0) is 36.8. The molecular weight excluding hydrogens is 670 g/mol. The van der Waals surface area contributed by atoms with E-state index >= 15 is 4.39 Å². The number of hydrogen-bond donors (Lipinski definition) is 1. The number of pyridine rings is 1. The second kappa shape index (κ2) is 16.3. The summed E-state index contributed by atoms with van der Waals surface area (Å²) in [6.45, 7) is 18.2. The first-order valence-electron chi connectivity index (χ1n) is 17.4. The van der Waals surface area contributed by atoms with E-state index in [0.29, 0.717) is 63.0 Å². The minimum Gasteiger partial charge on any atom is -0.453 e. The average molecular weight is 720 g/mol. The Kier molecular flexibility index (Phi) is 12.1. The molecule has 14 heteroatoms. The maximum Gasteiger partial charge on any atom is 0.408 e. The quantitative estimate of drug-likeness (QED) is 0.128. The van der Waals surface area contributed by atoms with E-state index < -0.39 is 31.6 Å². The molecule has 1 aromatic carbocycles. The van der Waals surface area contributed by atoms with Crippen molar-refractivity contribution in [3.63, 3.8) is 0 Å². The van der Waals surface area contributed by atoms with Gasteiger partial charge in [0, 0.05) is 72.4 Å². The summed E-state index contributed by atoms with van der Waals surface area (Å²) in [4.78, 5) is 35.2. The van der Waals surface area contributed by atoms with Gasteiger partial charge >= 0.3 is 6.09 Å². The molecule has 1 aliphatic rings. The number of aromatic nitrogens is 4. The van der Waals surface area contributed by atoms with Crippen molar-refractivity contribution in [3.8, 4) is 11.5 Å². The second-order valence-corrected chi connectivity index (χ2v) is 20.9. The largest absolute Gasteiger partial charge is 0.453 e. The summed E-state index contributed by atoms with van der Waals surface area (Å²) < 4.78 is 35.2. The van der Waals surface area contributed by atoms with E-state index in [-0.39, 0.29) is 18.1 Å². The van der Waals surface area contributed by atoms with E-state index in [4.69, 9.17) is 14.2 Å². The minimum absolute atomic E-state index is 0.0354. The first-order valence-corrected chi connectivity index (χ1v) is 21.1. The van der Waals surface area contributed by atoms with Gasteiger partial charge in [0.05, 0.1) is 11.6 Å². The number of piperazine rings is 1. The molecule has 5 rings (SSSR count). The number of ether oxygens (including phenoxy) is 3. The van der Waals surface area contributed by atoms with Crippen LogP contribution in [0, 0.1) is 12.7 Å². The summed E-state index contributed by atoms with van der Waals surface area (Å²) in [6, 6.07) is 8.34. The third-order valence-electron chi connectivity index (χ3n) is 8.52. The molecule has 0 spiro atoms. The Morgan fingerprint density at radius 1 is 1.00 bits per heavy atom. The number of aryl methyl sites for hydroxylation is 1. The molecule has 0 bridgehead atoms. The molecule has 1 atom stereocenters. The summed E-state index contributed by atoms with van der Waals surface area (Å²) >= 11 is 0. The molecule has 274 valence electrons. The highest BCUT2D eigenvalue weighted by Gasteiger charge is 2.31. The number of halogens is 1. The Balaban J connectivity index is 1.27. The molecule has 4 aromatic rings. The number of benzene rings is 1. The Morgan fingerprint density at radius 3 is 2.43 bits per heavy atom. The fraction of sp³-hybridized carbons (Fsp3) is 0.486. The van der Waals surface area contributed by atoms with E-state index in [9.17, 15) is 9.59 Å². The van der Waals surface area contributed by atoms with E-state index in [1.807, 2.05) is 23.8 Å². The zero-order valence-corrected chi connectivity index (χ0v) is 31.7. The van der Waals surface area contributed by atoms with E-state index in [1.54, 1.807) is 62.5 Å². The topological polar surface area (TPSA) is 124 Å². The van der Waals surface area contributed by atoms with Crippen molar-refractivity contribution in [2.75, 3.05) is 32.8 Å². The molecule has 1 saturated heterocycles. The number of alkyl carbamates (subject to hydrolysis) is 1. The maximum atomic E-state index is 15.7. The lowest BCUT2D eigenvalue weighted by molar-refractivity contribution is -0.135. The fourth-order valence-corrected chi connectivity index (χ4v) is 6.64. The summed E-state index contributed by atoms with van der Waals surface area (Å²) in [6.07, 6.45) is 6.35. The molecule has 0 saturated carbocycles. The van der Waals surface area contributed by atoms with Gasteiger partial charge in [-0.15, -0.1) is 0 Å². The standard InChI is InChI=1S/C37H50FN7O5Si/c1-26-23-45(25-48-18-19-51(5,6)7)34-33(26)32(11-12-39-34)49-31-9-8-27(20-29(31)38)21-30(42-36(47)50-37(2,3)4)35(46)44-16-14-43(15-17-44)24-28-10-13-40-41-22-28/h8-13,20,22-23,30H,14-19,21,24-25H2,1-7H3,(H,42,47)/t30-/m0/s1. The Hall–Kier alpha value is -4.40. The van der Waals surface area contributed by atoms with Crippen LogP contribution in [0.4, 0.5) is 9.18 Å². The Morgan fingerprint density at radius 2 is 1.76 bits per heavy atom. The molecule has 1 aliphatic heterocycles. The van der Waals surface area contributed by atoms with E-state index in [2.05, 4.69) is 45.0 Å². The Bertz CT molecular complexity index is 1800. The molecule has 0 aliphatic carbocycles. The molecular formula is C37H50FN7O5Si. The van der Waals surface area contributed by atoms with Crippen LogP contribution in [0.3, 0.4) is 0 Å². The molecule has 1 fully saturated rings. The lowest BCUT2D eigenvalue weighted by atomic mass is 10.0. The minimum atomic E-state index is -1.21. The van der Waals surface area contributed by atoms with Crippen molar-refractivity contribution in [2.45, 2.75) is 84.7 Å². The van der Waals surface area contributed by atoms with Gasteiger partial charge in [-0.1, -0.05) is 25.7 Å². The smallest absolute Gasteiger partial charge is 0.408 e. The number of fused-ring (bicyclic) bond motifs is 1. The van der Waals surface area contributed by atoms with Gasteiger partial charge in [0.15, 0.2) is 11.6 Å². The molecule has 3 aromatic heterocycles. The lowest BCUT2D eigenvalue weighted by Gasteiger charge is -2.36. The summed E-state index contributed by atoms with van der Waals surface area (Å²) in [5, 5.41) is 11.3. The highest BCUT2D eigenvalue weighted by molar-refractivity contribution is 6.76. The van der Waals surface area contributed by atoms with Crippen LogP contribution < -0.4 is 10.1 Å². The van der Waals surface area contributed by atoms with Gasteiger partial charge in [-0.25, -0.2) is 14.2 Å². The lowest BCUT2D eigenvalue weighted by Crippen LogP contribution is -2.55. The van der Waals surface area contributed by atoms with Crippen LogP contribution in [0.15, 0.2) is 55.1 Å². The van der Waals surface area contributed by atoms with Crippen LogP contribution in [-0.4, -0.2) is 94.1 Å². The highest BCUT2D eigenvalue weighted by Crippen LogP contribution is 2.34. The van der Waals surface area contributed by atoms with Crippen molar-refractivity contribution in [1.82, 2.24) is 34.9 Å². The third-order valence-corrected chi connectivity index (χ3v) is 10.2. The predicted molar refractivity (Wildman–Crippen MR) is 196 cm³/mol. The van der Waals surface area contributed by atoms with Crippen LogP contribution >= 0.6 is 0 Å². The van der Waals surface area contributed by atoms with E-state index in [1.165, 1.54) is 6.07 Å². The summed E-state index contributed by atoms with van der Waals surface area (Å²) in [5.41, 5.74) is 2.44. The number of nitrogens with one attached hydrogen (secondary N) is 1. The Labute approximate surface area is 300 Å². The first-order chi connectivity index (χ1) is 24.1. The summed E-state index contributed by atoms with van der Waals surface area (Å²) in [5.74, 6) is -0.334. The van der Waals surface area contributed by atoms with Crippen molar-refractivity contribution in [2.24, 2.45) is 0 Å². The van der Waals surface area contributed by atoms with Crippen molar-refractivity contribution >= 4 is 31.1 Å². The van der Waals surface area contributed by atoms with Crippen LogP contribution in [0.2, 0.25) is 25.7 Å². The molecule has 0 unspecified atom stereocenters. The predicted octanol–water partition coefficient (Wildman–Crippen LogP) is 6.16. The number of nitrogens with zero attached hydrogens (tertiary/aromatic N) is 6. The second-order valence-electron chi connectivity index (χ2n) is 15.3. The van der Waals surface area contributed by atoms with Crippen molar-refractivity contribution in [1.29, 1.82) is 0 Å². The van der Waals surface area contributed by atoms with Gasteiger partial charge in [0.1, 0.15) is 29.8 Å². The number of carbonyl (C=O) groups excluding carboxylic acids is 2. The highest BCUT2D eigenvalue weighted by atomic mass is 28.3. The van der Waals surface area contributed by atoms with Gasteiger partial charge in [-0.05, 0) is 74.7 Å². The number of rotatable bonds is 13. The van der Waals surface area contributed by atoms with Gasteiger partial charge in [0.2, 0.25) is 5.91 Å². The number of hydrogen-bond acceptors (Lipinski definition) is 9. The molecule has 0 radical (unpaired) electrons. The zero-order valence-electron chi connectivity index (χ0n) is 30.7. The average Bonchev–Trinajstić information content (AvgIpc) is 3.39. The molecule has 51 heavy (non-hydrogen) atoms. The normalized spacial score (nSPS) is 14.8. The van der Waals surface area contributed by atoms with Gasteiger partial charge in [0.25, 0.3) is 0 Å². The monoisotopic (exact) mass is 719 g/mol. The molecule has 12 nitrogen and oxygen atoms in total. The maximum absolute atomic E-state index is 15.7. The summed E-state index contributed by atoms with van der Waals surface area (Å²) in [7, 11) is -1.21. The molecule has 1 N–H and O–H groups in total. The van der Waals surface area contributed by atoms with Gasteiger partial charge in [-0.2, -0.15) is 10.2 Å². The van der Waals surface area contributed by atoms with Gasteiger partial charge in [-0.3, -0.25) is 9.69 Å². The molecule has 2 amide bonds. The van der Waals surface area contributed by atoms with E-state index in [0.717, 1.165) is 22.6 Å².